The van der Waals surface area contributed by atoms with Gasteiger partial charge in [-0.15, -0.1) is 12.4 Å². The Bertz CT molecular complexity index is 1380. The Labute approximate surface area is 271 Å². The van der Waals surface area contributed by atoms with Crippen LogP contribution in [0.1, 0.15) is 44.1 Å². The van der Waals surface area contributed by atoms with Crippen LogP contribution in [0.3, 0.4) is 0 Å². The van der Waals surface area contributed by atoms with Crippen LogP contribution in [-0.2, 0) is 19.1 Å². The third-order valence-electron chi connectivity index (χ3n) is 7.05. The fourth-order valence-corrected chi connectivity index (χ4v) is 4.87. The monoisotopic (exact) mass is 674 g/mol. The molecule has 0 aliphatic carbocycles. The van der Waals surface area contributed by atoms with Gasteiger partial charge in [0.2, 0.25) is 0 Å². The summed E-state index contributed by atoms with van der Waals surface area (Å²) >= 11 is 0. The van der Waals surface area contributed by atoms with Gasteiger partial charge < -0.3 is 34.7 Å². The molecule has 2 aromatic rings. The Hall–Kier alpha value is -3.81. The van der Waals surface area contributed by atoms with Gasteiger partial charge in [-0.05, 0) is 44.5 Å². The average molecular weight is 675 g/mol. The molecule has 0 bridgehead atoms. The molecule has 0 saturated heterocycles. The molecule has 3 N–H and O–H groups in total. The third kappa shape index (κ3) is 10.4. The first-order chi connectivity index (χ1) is 21.5. The molecule has 1 aliphatic rings. The van der Waals surface area contributed by atoms with Crippen molar-refractivity contribution in [3.05, 3.63) is 82.5 Å². The van der Waals surface area contributed by atoms with Gasteiger partial charge >= 0.3 is 18.1 Å². The van der Waals surface area contributed by atoms with Crippen LogP contribution in [0, 0.1) is 5.82 Å². The maximum atomic E-state index is 14.9. The number of hydrogen-bond acceptors (Lipinski definition) is 9. The van der Waals surface area contributed by atoms with E-state index in [1.165, 1.54) is 32.2 Å². The maximum absolute atomic E-state index is 14.9. The lowest BCUT2D eigenvalue weighted by Crippen LogP contribution is -2.38. The Kier molecular flexibility index (Phi) is 15.3. The number of benzene rings is 2. The molecule has 0 aromatic heterocycles. The van der Waals surface area contributed by atoms with Gasteiger partial charge in [0.1, 0.15) is 24.2 Å². The van der Waals surface area contributed by atoms with E-state index >= 15 is 0 Å². The van der Waals surface area contributed by atoms with E-state index in [0.29, 0.717) is 37.4 Å². The number of dihydropyridines is 1. The van der Waals surface area contributed by atoms with Gasteiger partial charge in [-0.1, -0.05) is 43.2 Å². The lowest BCUT2D eigenvalue weighted by atomic mass is 9.80. The molecule has 9 nitrogen and oxygen atoms in total. The van der Waals surface area contributed by atoms with Crippen molar-refractivity contribution < 1.29 is 51.2 Å². The van der Waals surface area contributed by atoms with E-state index in [1.807, 2.05) is 12.1 Å². The van der Waals surface area contributed by atoms with Crippen LogP contribution in [0.2, 0.25) is 0 Å². The van der Waals surface area contributed by atoms with E-state index in [9.17, 15) is 32.3 Å². The minimum Gasteiger partial charge on any atom is -0.493 e. The molecule has 14 heteroatoms. The number of halogens is 5. The number of para-hydroxylation sites is 2. The van der Waals surface area contributed by atoms with E-state index < -0.39 is 47.2 Å². The van der Waals surface area contributed by atoms with Gasteiger partial charge in [-0.3, -0.25) is 0 Å². The van der Waals surface area contributed by atoms with Crippen molar-refractivity contribution in [1.82, 2.24) is 10.6 Å². The Balaban J connectivity index is 0.00000736. The lowest BCUT2D eigenvalue weighted by molar-refractivity contribution is -0.140. The van der Waals surface area contributed by atoms with Crippen LogP contribution < -0.4 is 20.1 Å². The van der Waals surface area contributed by atoms with E-state index in [4.69, 9.17) is 14.2 Å². The molecular weight excluding hydrogens is 636 g/mol. The first-order valence-corrected chi connectivity index (χ1v) is 14.4. The van der Waals surface area contributed by atoms with Crippen LogP contribution in [-0.4, -0.2) is 69.8 Å². The zero-order valence-corrected chi connectivity index (χ0v) is 26.6. The molecule has 46 heavy (non-hydrogen) atoms. The Morgan fingerprint density at radius 3 is 2.26 bits per heavy atom. The second kappa shape index (κ2) is 18.4. The number of methoxy groups -OCH3 is 2. The zero-order chi connectivity index (χ0) is 33.0. The molecule has 3 rings (SSSR count). The first-order valence-electron chi connectivity index (χ1n) is 14.4. The Morgan fingerprint density at radius 2 is 1.61 bits per heavy atom. The molecule has 0 spiro atoms. The fraction of sp³-hybridized carbons (Fsp3) is 0.438. The molecule has 1 aliphatic heterocycles. The standard InChI is InChI=1S/C32H38F4N2O7.ClH/c1-20-26(27(22-12-6-7-13-23(22)33)28(30(40)43-3)29(38-20)32(34,35)36)31(41)44-17-11-5-4-10-16-37-18-21(39)19-45-25-15-9-8-14-24(25)42-2;/h6-9,12-15,21,27,37-39H,4-5,10-11,16-19H2,1-3H3;1H. The summed E-state index contributed by atoms with van der Waals surface area (Å²) in [7, 11) is 2.44. The lowest BCUT2D eigenvalue weighted by Gasteiger charge is -2.32. The van der Waals surface area contributed by atoms with Crippen molar-refractivity contribution in [1.29, 1.82) is 0 Å². The highest BCUT2D eigenvalue weighted by molar-refractivity contribution is 6.00. The molecule has 2 aromatic carbocycles. The number of aliphatic hydroxyl groups is 1. The van der Waals surface area contributed by atoms with Crippen molar-refractivity contribution in [2.75, 3.05) is 40.5 Å². The van der Waals surface area contributed by atoms with Gasteiger partial charge in [-0.25, -0.2) is 14.0 Å². The molecule has 2 atom stereocenters. The van der Waals surface area contributed by atoms with Crippen LogP contribution in [0.15, 0.2) is 71.1 Å². The highest BCUT2D eigenvalue weighted by Crippen LogP contribution is 2.44. The summed E-state index contributed by atoms with van der Waals surface area (Å²) in [5.74, 6) is -3.80. The van der Waals surface area contributed by atoms with E-state index in [1.54, 1.807) is 12.1 Å². The predicted molar refractivity (Wildman–Crippen MR) is 164 cm³/mol. The summed E-state index contributed by atoms with van der Waals surface area (Å²) < 4.78 is 77.6. The molecule has 0 amide bonds. The number of nitrogens with one attached hydrogen (secondary N) is 2. The number of carbonyl (C=O) groups is 2. The number of ether oxygens (including phenoxy) is 4. The quantitative estimate of drug-likeness (QED) is 0.123. The molecule has 0 radical (unpaired) electrons. The summed E-state index contributed by atoms with van der Waals surface area (Å²) in [6, 6.07) is 12.1. The van der Waals surface area contributed by atoms with Crippen LogP contribution in [0.5, 0.6) is 11.5 Å². The SMILES string of the molecule is COC(=O)C1=C(C(F)(F)F)NC(C)=C(C(=O)OCCCCCCNCC(O)COc2ccccc2OC)C1c1ccccc1F.Cl. The van der Waals surface area contributed by atoms with Gasteiger partial charge in [-0.2, -0.15) is 13.2 Å². The maximum Gasteiger partial charge on any atom is 0.431 e. The number of rotatable bonds is 16. The second-order valence-corrected chi connectivity index (χ2v) is 10.3. The van der Waals surface area contributed by atoms with Crippen molar-refractivity contribution in [3.8, 4) is 11.5 Å². The number of allylic oxidation sites excluding steroid dienone is 2. The summed E-state index contributed by atoms with van der Waals surface area (Å²) in [6.45, 7) is 2.26. The first kappa shape index (κ1) is 38.4. The molecular formula is C32H39ClF4N2O7. The number of esters is 2. The number of hydrogen-bond donors (Lipinski definition) is 3. The molecule has 0 fully saturated rings. The van der Waals surface area contributed by atoms with Gasteiger partial charge in [0, 0.05) is 17.8 Å². The van der Waals surface area contributed by atoms with Crippen molar-refractivity contribution in [2.45, 2.75) is 50.8 Å². The van der Waals surface area contributed by atoms with Gasteiger partial charge in [0.25, 0.3) is 0 Å². The van der Waals surface area contributed by atoms with Crippen LogP contribution >= 0.6 is 12.4 Å². The van der Waals surface area contributed by atoms with Gasteiger partial charge in [0.15, 0.2) is 11.5 Å². The largest absolute Gasteiger partial charge is 0.493 e. The van der Waals surface area contributed by atoms with Crippen LogP contribution in [0.25, 0.3) is 0 Å². The van der Waals surface area contributed by atoms with E-state index in [-0.39, 0.29) is 42.5 Å². The molecule has 2 unspecified atom stereocenters. The molecule has 254 valence electrons. The third-order valence-corrected chi connectivity index (χ3v) is 7.05. The highest BCUT2D eigenvalue weighted by atomic mass is 35.5. The topological polar surface area (TPSA) is 115 Å². The van der Waals surface area contributed by atoms with Gasteiger partial charge in [0.05, 0.1) is 37.9 Å². The summed E-state index contributed by atoms with van der Waals surface area (Å²) in [5, 5.41) is 15.4. The highest BCUT2D eigenvalue weighted by Gasteiger charge is 2.48. The van der Waals surface area contributed by atoms with Crippen LogP contribution in [0.4, 0.5) is 17.6 Å². The number of aliphatic hydroxyl groups excluding tert-OH is 1. The van der Waals surface area contributed by atoms with Crippen molar-refractivity contribution in [3.63, 3.8) is 0 Å². The van der Waals surface area contributed by atoms with Crippen molar-refractivity contribution >= 4 is 24.3 Å². The normalized spacial score (nSPS) is 15.4. The summed E-state index contributed by atoms with van der Waals surface area (Å²) in [6.07, 6.45) is -3.02. The molecule has 0 saturated carbocycles. The van der Waals surface area contributed by atoms with E-state index in [0.717, 1.165) is 26.0 Å². The average Bonchev–Trinajstić information content (AvgIpc) is 3.01. The number of unbranched alkanes of at least 4 members (excludes halogenated alkanes) is 3. The predicted octanol–water partition coefficient (Wildman–Crippen LogP) is 5.34. The minimum atomic E-state index is -5.01. The zero-order valence-electron chi connectivity index (χ0n) is 25.7. The smallest absolute Gasteiger partial charge is 0.431 e. The summed E-state index contributed by atoms with van der Waals surface area (Å²) in [4.78, 5) is 25.8. The Morgan fingerprint density at radius 1 is 0.957 bits per heavy atom. The van der Waals surface area contributed by atoms with E-state index in [2.05, 4.69) is 15.4 Å². The molecule has 1 heterocycles. The second-order valence-electron chi connectivity index (χ2n) is 10.3. The number of carbonyl (C=O) groups excluding carboxylic acids is 2. The fourth-order valence-electron chi connectivity index (χ4n) is 4.87. The summed E-state index contributed by atoms with van der Waals surface area (Å²) in [5.41, 5.74) is -3.18. The number of alkyl halides is 3. The minimum absolute atomic E-state index is 0. The van der Waals surface area contributed by atoms with Crippen molar-refractivity contribution in [2.24, 2.45) is 0 Å².